The van der Waals surface area contributed by atoms with Crippen molar-refractivity contribution < 1.29 is 14.0 Å². The molecule has 1 aliphatic rings. The summed E-state index contributed by atoms with van der Waals surface area (Å²) in [6.45, 7) is 8.49. The Kier molecular flexibility index (Phi) is 8.22. The molecule has 0 unspecified atom stereocenters. The van der Waals surface area contributed by atoms with Crippen LogP contribution >= 0.6 is 34.8 Å². The van der Waals surface area contributed by atoms with E-state index in [1.165, 1.54) is 6.08 Å². The topological polar surface area (TPSA) is 65.8 Å². The van der Waals surface area contributed by atoms with Gasteiger partial charge in [0.15, 0.2) is 0 Å². The summed E-state index contributed by atoms with van der Waals surface area (Å²) in [5.41, 5.74) is 1.74. The number of hydrogen-bond donors (Lipinski definition) is 1. The highest BCUT2D eigenvalue weighted by Gasteiger charge is 2.30. The van der Waals surface area contributed by atoms with Crippen molar-refractivity contribution in [3.05, 3.63) is 75.4 Å². The summed E-state index contributed by atoms with van der Waals surface area (Å²) in [6, 6.07) is 14.1. The first-order valence-corrected chi connectivity index (χ1v) is 13.0. The molecule has 9 heteroatoms. The van der Waals surface area contributed by atoms with Crippen molar-refractivity contribution in [2.45, 2.75) is 20.8 Å². The molecule has 4 rings (SSSR count). The second-order valence-electron chi connectivity index (χ2n) is 9.84. The van der Waals surface area contributed by atoms with Gasteiger partial charge in [0, 0.05) is 53.9 Å². The van der Waals surface area contributed by atoms with E-state index < -0.39 is 5.41 Å². The molecule has 0 aliphatic carbocycles. The van der Waals surface area contributed by atoms with Gasteiger partial charge in [-0.15, -0.1) is 0 Å². The van der Waals surface area contributed by atoms with E-state index in [4.69, 9.17) is 39.2 Å². The van der Waals surface area contributed by atoms with Crippen LogP contribution in [0, 0.1) is 5.41 Å². The van der Waals surface area contributed by atoms with Gasteiger partial charge in [-0.1, -0.05) is 55.6 Å². The smallest absolute Gasteiger partial charge is 0.248 e. The van der Waals surface area contributed by atoms with Crippen LogP contribution in [0.1, 0.15) is 26.5 Å². The van der Waals surface area contributed by atoms with Gasteiger partial charge < -0.3 is 19.5 Å². The van der Waals surface area contributed by atoms with Crippen LogP contribution in [0.3, 0.4) is 0 Å². The van der Waals surface area contributed by atoms with Gasteiger partial charge in [0.1, 0.15) is 11.5 Å². The van der Waals surface area contributed by atoms with Gasteiger partial charge in [-0.2, -0.15) is 0 Å². The summed E-state index contributed by atoms with van der Waals surface area (Å²) < 4.78 is 5.79. The third-order valence-corrected chi connectivity index (χ3v) is 6.85. The average molecular weight is 561 g/mol. The first-order valence-electron chi connectivity index (χ1n) is 11.9. The molecule has 0 radical (unpaired) electrons. The molecular weight excluding hydrogens is 533 g/mol. The zero-order valence-corrected chi connectivity index (χ0v) is 23.1. The Hall–Kier alpha value is -2.93. The predicted octanol–water partition coefficient (Wildman–Crippen LogP) is 7.25. The summed E-state index contributed by atoms with van der Waals surface area (Å²) in [4.78, 5) is 29.1. The van der Waals surface area contributed by atoms with Gasteiger partial charge in [0.05, 0.1) is 15.7 Å². The second-order valence-corrected chi connectivity index (χ2v) is 11.1. The minimum absolute atomic E-state index is 0.156. The fourth-order valence-corrected chi connectivity index (χ4v) is 4.76. The summed E-state index contributed by atoms with van der Waals surface area (Å²) >= 11 is 18.8. The van der Waals surface area contributed by atoms with Crippen molar-refractivity contribution in [3.8, 4) is 11.3 Å². The highest BCUT2D eigenvalue weighted by atomic mass is 35.5. The number of anilines is 2. The lowest BCUT2D eigenvalue weighted by Gasteiger charge is -2.39. The van der Waals surface area contributed by atoms with Crippen LogP contribution in [-0.4, -0.2) is 42.9 Å². The lowest BCUT2D eigenvalue weighted by Crippen LogP contribution is -2.51. The number of piperazine rings is 1. The van der Waals surface area contributed by atoms with E-state index in [2.05, 4.69) is 10.2 Å². The Morgan fingerprint density at radius 3 is 2.32 bits per heavy atom. The number of halogens is 3. The maximum Gasteiger partial charge on any atom is 0.248 e. The molecule has 0 spiro atoms. The summed E-state index contributed by atoms with van der Waals surface area (Å²) in [5.74, 6) is 0.887. The SMILES string of the molecule is CC(C)(C)C(=O)N1CCN(c2ccc(NC(=O)C=Cc3ccc(-c4cc(Cl)ccc4Cl)o3)cc2Cl)CC1. The maximum atomic E-state index is 12.5. The number of benzene rings is 2. The van der Waals surface area contributed by atoms with Crippen molar-refractivity contribution in [2.75, 3.05) is 36.4 Å². The van der Waals surface area contributed by atoms with E-state index in [1.54, 1.807) is 42.5 Å². The Morgan fingerprint density at radius 1 is 0.919 bits per heavy atom. The normalized spacial score (nSPS) is 14.3. The van der Waals surface area contributed by atoms with Crippen molar-refractivity contribution in [3.63, 3.8) is 0 Å². The van der Waals surface area contributed by atoms with E-state index in [0.29, 0.717) is 64.0 Å². The Balaban J connectivity index is 1.35. The molecular formula is C28H28Cl3N3O3. The average Bonchev–Trinajstić information content (AvgIpc) is 3.32. The van der Waals surface area contributed by atoms with Crippen LogP contribution in [0.4, 0.5) is 11.4 Å². The standard InChI is InChI=1S/C28H28Cl3N3O3/c1-28(2,3)27(36)34-14-12-33(13-15-34)24-9-5-19(17-23(24)31)32-26(35)11-7-20-6-10-25(37-20)21-16-18(29)4-8-22(21)30/h4-11,16-17H,12-15H2,1-3H3,(H,32,35). The summed E-state index contributed by atoms with van der Waals surface area (Å²) in [6.07, 6.45) is 2.96. The largest absolute Gasteiger partial charge is 0.457 e. The van der Waals surface area contributed by atoms with Crippen LogP contribution in [0.25, 0.3) is 17.4 Å². The van der Waals surface area contributed by atoms with Crippen LogP contribution < -0.4 is 10.2 Å². The van der Waals surface area contributed by atoms with Gasteiger partial charge in [-0.25, -0.2) is 0 Å². The molecule has 37 heavy (non-hydrogen) atoms. The number of hydrogen-bond acceptors (Lipinski definition) is 4. The van der Waals surface area contributed by atoms with Crippen LogP contribution in [0.2, 0.25) is 15.1 Å². The number of amides is 2. The van der Waals surface area contributed by atoms with E-state index in [9.17, 15) is 9.59 Å². The number of carbonyl (C=O) groups is 2. The summed E-state index contributed by atoms with van der Waals surface area (Å²) in [5, 5.41) is 4.42. The highest BCUT2D eigenvalue weighted by molar-refractivity contribution is 6.35. The molecule has 1 N–H and O–H groups in total. The first kappa shape index (κ1) is 27.1. The van der Waals surface area contributed by atoms with Crippen molar-refractivity contribution in [2.24, 2.45) is 5.41 Å². The van der Waals surface area contributed by atoms with Crippen LogP contribution in [0.5, 0.6) is 0 Å². The molecule has 2 amide bonds. The molecule has 2 heterocycles. The van der Waals surface area contributed by atoms with Gasteiger partial charge in [-0.3, -0.25) is 9.59 Å². The van der Waals surface area contributed by atoms with Crippen molar-refractivity contribution in [1.29, 1.82) is 0 Å². The number of carbonyl (C=O) groups excluding carboxylic acids is 2. The lowest BCUT2D eigenvalue weighted by molar-refractivity contribution is -0.139. The minimum Gasteiger partial charge on any atom is -0.457 e. The molecule has 6 nitrogen and oxygen atoms in total. The molecule has 1 saturated heterocycles. The molecule has 3 aromatic rings. The molecule has 1 aliphatic heterocycles. The fourth-order valence-electron chi connectivity index (χ4n) is 4.08. The third kappa shape index (κ3) is 6.69. The number of furan rings is 1. The molecule has 0 saturated carbocycles. The maximum absolute atomic E-state index is 12.5. The minimum atomic E-state index is -0.392. The number of nitrogens with zero attached hydrogens (tertiary/aromatic N) is 2. The number of rotatable bonds is 5. The van der Waals surface area contributed by atoms with Gasteiger partial charge in [-0.05, 0) is 54.6 Å². The van der Waals surface area contributed by atoms with Crippen molar-refractivity contribution in [1.82, 2.24) is 4.90 Å². The van der Waals surface area contributed by atoms with E-state index in [1.807, 2.05) is 37.8 Å². The van der Waals surface area contributed by atoms with E-state index in [-0.39, 0.29) is 11.8 Å². The fraction of sp³-hybridized carbons (Fsp3) is 0.286. The van der Waals surface area contributed by atoms with Crippen molar-refractivity contribution >= 4 is 64.1 Å². The zero-order valence-electron chi connectivity index (χ0n) is 20.9. The quantitative estimate of drug-likeness (QED) is 0.334. The predicted molar refractivity (Wildman–Crippen MR) is 152 cm³/mol. The monoisotopic (exact) mass is 559 g/mol. The van der Waals surface area contributed by atoms with E-state index in [0.717, 1.165) is 5.69 Å². The Bertz CT molecular complexity index is 1340. The molecule has 1 aromatic heterocycles. The molecule has 0 bridgehead atoms. The number of nitrogens with one attached hydrogen (secondary N) is 1. The Labute approximate surface area is 231 Å². The van der Waals surface area contributed by atoms with Gasteiger partial charge in [0.25, 0.3) is 0 Å². The van der Waals surface area contributed by atoms with Crippen LogP contribution in [-0.2, 0) is 9.59 Å². The van der Waals surface area contributed by atoms with E-state index >= 15 is 0 Å². The molecule has 2 aromatic carbocycles. The Morgan fingerprint density at radius 2 is 1.65 bits per heavy atom. The summed E-state index contributed by atoms with van der Waals surface area (Å²) in [7, 11) is 0. The third-order valence-electron chi connectivity index (χ3n) is 5.98. The molecule has 194 valence electrons. The molecule has 1 fully saturated rings. The van der Waals surface area contributed by atoms with Gasteiger partial charge in [0.2, 0.25) is 11.8 Å². The molecule has 0 atom stereocenters. The second kappa shape index (κ2) is 11.2. The van der Waals surface area contributed by atoms with Gasteiger partial charge >= 0.3 is 0 Å². The first-order chi connectivity index (χ1) is 17.5. The lowest BCUT2D eigenvalue weighted by atomic mass is 9.94. The zero-order chi connectivity index (χ0) is 26.7. The highest BCUT2D eigenvalue weighted by Crippen LogP contribution is 2.33. The van der Waals surface area contributed by atoms with Crippen LogP contribution in [0.15, 0.2) is 59.0 Å².